The molecule has 6 rings (SSSR count). The molecule has 6 nitrogen and oxygen atoms in total. The predicted molar refractivity (Wildman–Crippen MR) is 115 cm³/mol. The van der Waals surface area contributed by atoms with E-state index in [1.54, 1.807) is 7.11 Å². The topological polar surface area (TPSA) is 65.1 Å². The molecule has 31 heavy (non-hydrogen) atoms. The fraction of sp³-hybridized carbons (Fsp3) is 0.680. The van der Waals surface area contributed by atoms with Crippen molar-refractivity contribution in [3.63, 3.8) is 0 Å². The van der Waals surface area contributed by atoms with Crippen LogP contribution in [0, 0.1) is 23.2 Å². The highest BCUT2D eigenvalue weighted by atomic mass is 16.6. The highest BCUT2D eigenvalue weighted by Gasteiger charge is 2.56. The summed E-state index contributed by atoms with van der Waals surface area (Å²) in [5.41, 5.74) is -0.199. The number of nitrogens with zero attached hydrogens (tertiary/aromatic N) is 1. The average Bonchev–Trinajstić information content (AvgIpc) is 3.25. The molecule has 1 atom stereocenters. The Morgan fingerprint density at radius 2 is 1.58 bits per heavy atom. The summed E-state index contributed by atoms with van der Waals surface area (Å²) < 4.78 is 16.3. The molecule has 6 heteroatoms. The van der Waals surface area contributed by atoms with Crippen LogP contribution in [0.4, 0.5) is 0 Å². The van der Waals surface area contributed by atoms with Gasteiger partial charge in [-0.3, -0.25) is 4.79 Å². The molecule has 5 fully saturated rings. The van der Waals surface area contributed by atoms with Crippen molar-refractivity contribution >= 4 is 11.9 Å². The van der Waals surface area contributed by atoms with Crippen LogP contribution in [-0.4, -0.2) is 49.7 Å². The van der Waals surface area contributed by atoms with Crippen molar-refractivity contribution in [2.75, 3.05) is 26.9 Å². The van der Waals surface area contributed by atoms with E-state index in [1.165, 1.54) is 19.3 Å². The molecule has 0 radical (unpaired) electrons. The molecule has 5 aliphatic rings. The van der Waals surface area contributed by atoms with Gasteiger partial charge in [0.05, 0.1) is 12.5 Å². The molecule has 1 aliphatic heterocycles. The number of esters is 1. The maximum atomic E-state index is 13.7. The molecule has 0 N–H and O–H groups in total. The van der Waals surface area contributed by atoms with Gasteiger partial charge in [-0.25, -0.2) is 4.79 Å². The Morgan fingerprint density at radius 3 is 2.19 bits per heavy atom. The first-order valence-electron chi connectivity index (χ1n) is 11.8. The van der Waals surface area contributed by atoms with Crippen molar-refractivity contribution in [2.45, 2.75) is 57.4 Å². The van der Waals surface area contributed by atoms with Crippen molar-refractivity contribution in [3.05, 3.63) is 24.3 Å². The maximum absolute atomic E-state index is 13.7. The minimum absolute atomic E-state index is 0.181. The molecule has 1 aromatic carbocycles. The van der Waals surface area contributed by atoms with Gasteiger partial charge >= 0.3 is 5.97 Å². The smallest absolute Gasteiger partial charge is 0.328 e. The molecular formula is C25H33NO5. The van der Waals surface area contributed by atoms with Crippen molar-refractivity contribution in [1.29, 1.82) is 0 Å². The van der Waals surface area contributed by atoms with Crippen molar-refractivity contribution < 1.29 is 23.8 Å². The van der Waals surface area contributed by atoms with E-state index < -0.39 is 6.04 Å². The summed E-state index contributed by atoms with van der Waals surface area (Å²) in [5.74, 6) is 3.59. The Hall–Kier alpha value is -2.24. The Morgan fingerprint density at radius 1 is 0.968 bits per heavy atom. The summed E-state index contributed by atoms with van der Waals surface area (Å²) in [6, 6.07) is 6.87. The van der Waals surface area contributed by atoms with Gasteiger partial charge in [-0.15, -0.1) is 0 Å². The first kappa shape index (κ1) is 20.7. The second-order valence-corrected chi connectivity index (χ2v) is 10.0. The standard InChI is InChI=1S/C25H33NO5/c1-29-20-4-6-21(7-5-20)30-9-10-31-23(27)22-3-2-8-26(22)24(28)25-14-17-11-18(15-25)13-19(12-17)16-25/h4-7,17-19,22H,2-3,8-16H2,1H3/t17?,18?,19?,22-,25?/m1/s1. The van der Waals surface area contributed by atoms with Gasteiger partial charge in [0.25, 0.3) is 0 Å². The molecule has 1 saturated heterocycles. The van der Waals surface area contributed by atoms with Crippen LogP contribution in [-0.2, 0) is 14.3 Å². The van der Waals surface area contributed by atoms with E-state index in [4.69, 9.17) is 14.2 Å². The van der Waals surface area contributed by atoms with Gasteiger partial charge < -0.3 is 19.1 Å². The number of rotatable bonds is 7. The predicted octanol–water partition coefficient (Wildman–Crippen LogP) is 3.82. The number of ether oxygens (including phenoxy) is 3. The molecule has 4 bridgehead atoms. The minimum Gasteiger partial charge on any atom is -0.497 e. The summed E-state index contributed by atoms with van der Waals surface area (Å²) in [7, 11) is 1.62. The van der Waals surface area contributed by atoms with E-state index >= 15 is 0 Å². The van der Waals surface area contributed by atoms with E-state index in [0.717, 1.165) is 49.2 Å². The lowest BCUT2D eigenvalue weighted by Gasteiger charge is -2.56. The molecule has 0 aromatic heterocycles. The number of carbonyl (C=O) groups excluding carboxylic acids is 2. The second-order valence-electron chi connectivity index (χ2n) is 10.0. The van der Waals surface area contributed by atoms with E-state index in [2.05, 4.69) is 0 Å². The quantitative estimate of drug-likeness (QED) is 0.489. The first-order chi connectivity index (χ1) is 15.1. The van der Waals surface area contributed by atoms with Crippen LogP contribution in [0.5, 0.6) is 11.5 Å². The Balaban J connectivity index is 1.14. The lowest BCUT2D eigenvalue weighted by atomic mass is 9.49. The molecule has 4 aliphatic carbocycles. The van der Waals surface area contributed by atoms with E-state index in [9.17, 15) is 9.59 Å². The van der Waals surface area contributed by atoms with Gasteiger partial charge in [-0.05, 0) is 93.4 Å². The number of hydrogen-bond acceptors (Lipinski definition) is 5. The lowest BCUT2D eigenvalue weighted by Crippen LogP contribution is -2.56. The number of benzene rings is 1. The van der Waals surface area contributed by atoms with Crippen molar-refractivity contribution in [1.82, 2.24) is 4.90 Å². The summed E-state index contributed by atoms with van der Waals surface area (Å²) in [6.45, 7) is 1.15. The molecule has 0 unspecified atom stereocenters. The van der Waals surface area contributed by atoms with Crippen molar-refractivity contribution in [2.24, 2.45) is 23.2 Å². The van der Waals surface area contributed by atoms with Gasteiger partial charge in [-0.2, -0.15) is 0 Å². The van der Waals surface area contributed by atoms with Crippen molar-refractivity contribution in [3.8, 4) is 11.5 Å². The van der Waals surface area contributed by atoms with Crippen LogP contribution in [0.15, 0.2) is 24.3 Å². The van der Waals surface area contributed by atoms with Gasteiger partial charge in [0.2, 0.25) is 5.91 Å². The number of hydrogen-bond donors (Lipinski definition) is 0. The monoisotopic (exact) mass is 427 g/mol. The Labute approximate surface area is 184 Å². The lowest BCUT2D eigenvalue weighted by molar-refractivity contribution is -0.165. The van der Waals surface area contributed by atoms with Crippen LogP contribution >= 0.6 is 0 Å². The highest BCUT2D eigenvalue weighted by Crippen LogP contribution is 2.60. The third kappa shape index (κ3) is 4.01. The molecule has 0 spiro atoms. The molecule has 1 heterocycles. The normalized spacial score (nSPS) is 33.4. The zero-order valence-electron chi connectivity index (χ0n) is 18.4. The third-order valence-electron chi connectivity index (χ3n) is 7.93. The summed E-state index contributed by atoms with van der Waals surface area (Å²) in [6.07, 6.45) is 8.62. The fourth-order valence-corrected chi connectivity index (χ4v) is 7.00. The number of likely N-dealkylation sites (tertiary alicyclic amines) is 1. The third-order valence-corrected chi connectivity index (χ3v) is 7.93. The number of methoxy groups -OCH3 is 1. The van der Waals surface area contributed by atoms with Gasteiger partial charge in [-0.1, -0.05) is 0 Å². The SMILES string of the molecule is COc1ccc(OCCOC(=O)[C@H]2CCCN2C(=O)C23CC4CC(CC(C4)C2)C3)cc1. The van der Waals surface area contributed by atoms with E-state index in [1.807, 2.05) is 29.2 Å². The first-order valence-corrected chi connectivity index (χ1v) is 11.8. The zero-order valence-corrected chi connectivity index (χ0v) is 18.4. The second kappa shape index (κ2) is 8.36. The van der Waals surface area contributed by atoms with Gasteiger partial charge in [0.1, 0.15) is 30.8 Å². The Kier molecular flexibility index (Phi) is 5.57. The summed E-state index contributed by atoms with van der Waals surface area (Å²) in [5, 5.41) is 0. The van der Waals surface area contributed by atoms with Crippen LogP contribution in [0.1, 0.15) is 51.4 Å². The highest BCUT2D eigenvalue weighted by molar-refractivity contribution is 5.89. The molecule has 1 aromatic rings. The Bertz CT molecular complexity index is 784. The van der Waals surface area contributed by atoms with Crippen LogP contribution in [0.3, 0.4) is 0 Å². The molecular weight excluding hydrogens is 394 g/mol. The van der Waals surface area contributed by atoms with E-state index in [-0.39, 0.29) is 30.5 Å². The average molecular weight is 428 g/mol. The van der Waals surface area contributed by atoms with Crippen LogP contribution in [0.2, 0.25) is 0 Å². The molecule has 4 saturated carbocycles. The van der Waals surface area contributed by atoms with Gasteiger partial charge in [0, 0.05) is 6.54 Å². The molecule has 1 amide bonds. The van der Waals surface area contributed by atoms with Gasteiger partial charge in [0.15, 0.2) is 0 Å². The largest absolute Gasteiger partial charge is 0.497 e. The number of amides is 1. The maximum Gasteiger partial charge on any atom is 0.328 e. The minimum atomic E-state index is -0.429. The summed E-state index contributed by atoms with van der Waals surface area (Å²) >= 11 is 0. The van der Waals surface area contributed by atoms with Crippen LogP contribution < -0.4 is 9.47 Å². The molecule has 168 valence electrons. The summed E-state index contributed by atoms with van der Waals surface area (Å²) in [4.78, 5) is 28.3. The van der Waals surface area contributed by atoms with E-state index in [0.29, 0.717) is 18.7 Å². The fourth-order valence-electron chi connectivity index (χ4n) is 7.00. The van der Waals surface area contributed by atoms with Crippen LogP contribution in [0.25, 0.3) is 0 Å². The zero-order chi connectivity index (χ0) is 21.4. The number of carbonyl (C=O) groups is 2.